The lowest BCUT2D eigenvalue weighted by molar-refractivity contribution is -0.202. The summed E-state index contributed by atoms with van der Waals surface area (Å²) >= 11 is 0. The second-order valence-electron chi connectivity index (χ2n) is 18.4. The Balaban J connectivity index is 0.000000217. The summed E-state index contributed by atoms with van der Waals surface area (Å²) in [5.74, 6) is -1.36. The molecular weight excluding hydrogens is 656 g/mol. The number of carbonyl (C=O) groups excluding carboxylic acids is 3. The lowest BCUT2D eigenvalue weighted by Crippen LogP contribution is -2.66. The van der Waals surface area contributed by atoms with Crippen LogP contribution in [0.1, 0.15) is 127 Å². The maximum absolute atomic E-state index is 14.2. The first-order valence-electron chi connectivity index (χ1n) is 19.0. The van der Waals surface area contributed by atoms with Crippen molar-refractivity contribution in [3.63, 3.8) is 0 Å². The quantitative estimate of drug-likeness (QED) is 0.239. The first kappa shape index (κ1) is 38.0. The van der Waals surface area contributed by atoms with Gasteiger partial charge >= 0.3 is 17.9 Å². The van der Waals surface area contributed by atoms with E-state index in [-0.39, 0.29) is 50.8 Å². The van der Waals surface area contributed by atoms with Crippen molar-refractivity contribution in [1.82, 2.24) is 0 Å². The maximum Gasteiger partial charge on any atom is 0.386 e. The van der Waals surface area contributed by atoms with Gasteiger partial charge in [-0.1, -0.05) is 83.5 Å². The molecule has 0 spiro atoms. The van der Waals surface area contributed by atoms with E-state index in [0.29, 0.717) is 23.5 Å². The van der Waals surface area contributed by atoms with Crippen LogP contribution in [0.2, 0.25) is 0 Å². The summed E-state index contributed by atoms with van der Waals surface area (Å²) in [6, 6.07) is 16.6. The maximum atomic E-state index is 14.2. The molecule has 2 aromatic rings. The van der Waals surface area contributed by atoms with Crippen LogP contribution in [0.5, 0.6) is 0 Å². The molecule has 0 aromatic heterocycles. The number of carbonyl (C=O) groups is 4. The Morgan fingerprint density at radius 3 is 1.79 bits per heavy atom. The molecule has 8 heteroatoms. The predicted molar refractivity (Wildman–Crippen MR) is 197 cm³/mol. The van der Waals surface area contributed by atoms with Gasteiger partial charge in [-0.25, -0.2) is 19.4 Å². The van der Waals surface area contributed by atoms with Gasteiger partial charge in [0.1, 0.15) is 0 Å². The number of aliphatic carboxylic acids is 1. The van der Waals surface area contributed by atoms with Gasteiger partial charge in [0.25, 0.3) is 0 Å². The highest BCUT2D eigenvalue weighted by Gasteiger charge is 2.70. The molecule has 5 aliphatic carbocycles. The van der Waals surface area contributed by atoms with Crippen LogP contribution in [0.15, 0.2) is 72.3 Å². The molecule has 0 bridgehead atoms. The molecule has 0 aliphatic heterocycles. The molecule has 0 radical (unpaired) electrons. The molecule has 7 rings (SSSR count). The zero-order chi connectivity index (χ0) is 37.9. The van der Waals surface area contributed by atoms with E-state index in [1.807, 2.05) is 13.0 Å². The zero-order valence-electron chi connectivity index (χ0n) is 31.9. The van der Waals surface area contributed by atoms with Crippen LogP contribution in [0.4, 0.5) is 0 Å². The van der Waals surface area contributed by atoms with Gasteiger partial charge in [-0.2, -0.15) is 0 Å². The van der Waals surface area contributed by atoms with E-state index < -0.39 is 23.3 Å². The summed E-state index contributed by atoms with van der Waals surface area (Å²) in [5, 5.41) is 20.9. The Bertz CT molecular complexity index is 1700. The fraction of sp³-hybridized carbons (Fsp3) is 0.591. The third kappa shape index (κ3) is 6.03. The summed E-state index contributed by atoms with van der Waals surface area (Å²) < 4.78 is 0. The van der Waals surface area contributed by atoms with E-state index in [1.54, 1.807) is 60.7 Å². The van der Waals surface area contributed by atoms with Crippen LogP contribution in [0, 0.1) is 50.2 Å². The Labute approximate surface area is 308 Å². The Morgan fingerprint density at radius 2 is 1.25 bits per heavy atom. The molecule has 2 N–H and O–H groups in total. The number of carboxylic acids is 1. The Kier molecular flexibility index (Phi) is 9.68. The number of aliphatic hydroxyl groups excluding tert-OH is 1. The topological polar surface area (TPSA) is 127 Å². The molecule has 4 saturated carbocycles. The number of benzene rings is 2. The van der Waals surface area contributed by atoms with Gasteiger partial charge < -0.3 is 10.2 Å². The lowest BCUT2D eigenvalue weighted by Gasteiger charge is -2.70. The van der Waals surface area contributed by atoms with E-state index in [1.165, 1.54) is 5.57 Å². The first-order chi connectivity index (χ1) is 24.3. The predicted octanol–water partition coefficient (Wildman–Crippen LogP) is 9.03. The molecule has 52 heavy (non-hydrogen) atoms. The molecule has 0 heterocycles. The van der Waals surface area contributed by atoms with E-state index >= 15 is 0 Å². The average molecular weight is 713 g/mol. The molecule has 2 aromatic carbocycles. The zero-order valence-corrected chi connectivity index (χ0v) is 31.9. The fourth-order valence-electron chi connectivity index (χ4n) is 11.7. The standard InChI is InChI=1S/C30H46O4.C14H10O4/c1-25(2)21-8-11-30(7)23(28(21,5)10-9-22(25)32)20(31)16-18-19-17-27(4,24(33)34)13-12-26(19,3)14-15-29(18,30)6;15-13(11-7-3-1-4-8-11)17-18-14(16)12-9-5-2-6-10-12/h16,19,21-23,32H,8-15,17H2,1-7H3,(H,33,34);1-10H/t19-,21-,22-,23+,26+,27-,28-,29+,30+;/m0./s1. The third-order valence-corrected chi connectivity index (χ3v) is 15.3. The molecule has 0 saturated heterocycles. The van der Waals surface area contributed by atoms with Crippen molar-refractivity contribution < 1.29 is 39.2 Å². The smallest absolute Gasteiger partial charge is 0.386 e. The molecule has 0 amide bonds. The monoisotopic (exact) mass is 712 g/mol. The van der Waals surface area contributed by atoms with Crippen molar-refractivity contribution >= 4 is 23.7 Å². The Morgan fingerprint density at radius 1 is 0.712 bits per heavy atom. The Hall–Kier alpha value is -3.78. The van der Waals surface area contributed by atoms with E-state index in [9.17, 15) is 29.4 Å². The van der Waals surface area contributed by atoms with Crippen molar-refractivity contribution in [2.24, 2.45) is 50.2 Å². The largest absolute Gasteiger partial charge is 0.481 e. The summed E-state index contributed by atoms with van der Waals surface area (Å²) in [5.41, 5.74) is 0.777. The summed E-state index contributed by atoms with van der Waals surface area (Å²) in [7, 11) is 0. The minimum atomic E-state index is -0.711. The molecule has 0 unspecified atom stereocenters. The normalized spacial score (nSPS) is 38.7. The number of hydrogen-bond donors (Lipinski definition) is 2. The number of fused-ring (bicyclic) bond motifs is 7. The van der Waals surface area contributed by atoms with Gasteiger partial charge in [0.05, 0.1) is 22.6 Å². The fourth-order valence-corrected chi connectivity index (χ4v) is 11.7. The van der Waals surface area contributed by atoms with Gasteiger partial charge in [0.15, 0.2) is 5.78 Å². The van der Waals surface area contributed by atoms with Crippen LogP contribution in [-0.4, -0.2) is 40.0 Å². The van der Waals surface area contributed by atoms with Crippen LogP contribution in [0.3, 0.4) is 0 Å². The molecular formula is C44H56O8. The molecule has 8 nitrogen and oxygen atoms in total. The van der Waals surface area contributed by atoms with Crippen molar-refractivity contribution in [3.8, 4) is 0 Å². The number of carboxylic acid groups (broad SMARTS) is 1. The van der Waals surface area contributed by atoms with Crippen LogP contribution in [0.25, 0.3) is 0 Å². The van der Waals surface area contributed by atoms with Gasteiger partial charge in [-0.3, -0.25) is 9.59 Å². The van der Waals surface area contributed by atoms with E-state index in [0.717, 1.165) is 51.4 Å². The molecule has 280 valence electrons. The second kappa shape index (κ2) is 13.3. The van der Waals surface area contributed by atoms with E-state index in [4.69, 9.17) is 0 Å². The van der Waals surface area contributed by atoms with Gasteiger partial charge in [-0.15, -0.1) is 0 Å². The number of rotatable bonds is 3. The highest BCUT2D eigenvalue weighted by atomic mass is 17.2. The summed E-state index contributed by atoms with van der Waals surface area (Å²) in [6.07, 6.45) is 9.95. The van der Waals surface area contributed by atoms with Crippen LogP contribution in [-0.2, 0) is 19.4 Å². The second-order valence-corrected chi connectivity index (χ2v) is 18.4. The minimum Gasteiger partial charge on any atom is -0.481 e. The van der Waals surface area contributed by atoms with Crippen LogP contribution >= 0.6 is 0 Å². The van der Waals surface area contributed by atoms with Gasteiger partial charge in [-0.05, 0) is 134 Å². The van der Waals surface area contributed by atoms with Gasteiger partial charge in [0.2, 0.25) is 0 Å². The van der Waals surface area contributed by atoms with Crippen molar-refractivity contribution in [1.29, 1.82) is 0 Å². The number of hydrogen-bond acceptors (Lipinski definition) is 7. The summed E-state index contributed by atoms with van der Waals surface area (Å²) in [6.45, 7) is 15.8. The number of aliphatic hydroxyl groups is 1. The van der Waals surface area contributed by atoms with Crippen molar-refractivity contribution in [2.45, 2.75) is 112 Å². The van der Waals surface area contributed by atoms with E-state index in [2.05, 4.69) is 51.3 Å². The average Bonchev–Trinajstić information content (AvgIpc) is 3.11. The van der Waals surface area contributed by atoms with Gasteiger partial charge in [0, 0.05) is 5.92 Å². The highest BCUT2D eigenvalue weighted by Crippen LogP contribution is 2.75. The SMILES string of the molecule is CC1(C)[C@@H](O)CC[C@]2(C)[C@H]3C(=O)C=C4[C@@H]5C[C@@](C)(C(=O)O)CC[C@]5(C)CC[C@@]4(C)[C@]3(C)CC[C@@H]12.O=C(OOC(=O)c1ccccc1)c1ccccc1. The lowest BCUT2D eigenvalue weighted by atomic mass is 9.33. The van der Waals surface area contributed by atoms with Crippen molar-refractivity contribution in [2.75, 3.05) is 0 Å². The minimum absolute atomic E-state index is 0.0296. The highest BCUT2D eigenvalue weighted by molar-refractivity contribution is 5.96. The summed E-state index contributed by atoms with van der Waals surface area (Å²) in [4.78, 5) is 58.3. The first-order valence-corrected chi connectivity index (χ1v) is 19.0. The van der Waals surface area contributed by atoms with Crippen LogP contribution < -0.4 is 0 Å². The number of allylic oxidation sites excluding steroid dienone is 2. The molecule has 5 aliphatic rings. The van der Waals surface area contributed by atoms with Crippen molar-refractivity contribution in [3.05, 3.63) is 83.4 Å². The number of ketones is 1. The molecule has 4 fully saturated rings. The molecule has 9 atom stereocenters. The third-order valence-electron chi connectivity index (χ3n) is 15.3.